The number of nitro groups is 1. The normalized spacial score (nSPS) is 10.5. The maximum atomic E-state index is 12.9. The Bertz CT molecular complexity index is 1140. The summed E-state index contributed by atoms with van der Waals surface area (Å²) in [5.41, 5.74) is 2.24. The highest BCUT2D eigenvalue weighted by atomic mass is 16.6. The topological polar surface area (TPSA) is 123 Å². The van der Waals surface area contributed by atoms with Gasteiger partial charge >= 0.3 is 0 Å². The first-order valence-corrected chi connectivity index (χ1v) is 9.63. The molecule has 31 heavy (non-hydrogen) atoms. The van der Waals surface area contributed by atoms with Crippen LogP contribution in [0.5, 0.6) is 0 Å². The van der Waals surface area contributed by atoms with E-state index in [1.807, 2.05) is 19.1 Å². The Hall–Kier alpha value is -4.08. The molecule has 10 nitrogen and oxygen atoms in total. The molecule has 3 rings (SSSR count). The quantitative estimate of drug-likeness (QED) is 0.461. The average molecular weight is 422 g/mol. The molecule has 0 saturated heterocycles. The zero-order valence-electron chi connectivity index (χ0n) is 17.4. The molecule has 0 unspecified atom stereocenters. The molecule has 10 heteroatoms. The van der Waals surface area contributed by atoms with Crippen molar-refractivity contribution in [3.8, 4) is 5.69 Å². The minimum Gasteiger partial charge on any atom is -0.339 e. The van der Waals surface area contributed by atoms with Gasteiger partial charge in [0.25, 0.3) is 11.6 Å². The Balaban J connectivity index is 1.85. The summed E-state index contributed by atoms with van der Waals surface area (Å²) in [6.07, 6.45) is 0. The number of para-hydroxylation sites is 1. The smallest absolute Gasteiger partial charge is 0.278 e. The third-order valence-electron chi connectivity index (χ3n) is 4.85. The fourth-order valence-electron chi connectivity index (χ4n) is 3.14. The van der Waals surface area contributed by atoms with Gasteiger partial charge in [0, 0.05) is 37.8 Å². The number of hydrogen-bond donors (Lipinski definition) is 1. The second kappa shape index (κ2) is 9.16. The van der Waals surface area contributed by atoms with Gasteiger partial charge in [-0.05, 0) is 31.5 Å². The number of non-ortho nitro benzene ring substituents is 1. The second-order valence-electron chi connectivity index (χ2n) is 6.86. The number of nitrogens with zero attached hydrogens (tertiary/aromatic N) is 5. The summed E-state index contributed by atoms with van der Waals surface area (Å²) in [5, 5.41) is 21.8. The summed E-state index contributed by atoms with van der Waals surface area (Å²) in [6, 6.07) is 13.1. The van der Waals surface area contributed by atoms with Gasteiger partial charge in [-0.2, -0.15) is 0 Å². The number of benzene rings is 2. The first kappa shape index (κ1) is 21.6. The molecule has 0 saturated carbocycles. The van der Waals surface area contributed by atoms with Crippen LogP contribution in [-0.4, -0.2) is 43.2 Å². The molecule has 1 heterocycles. The number of amides is 2. The Morgan fingerprint density at radius 2 is 1.94 bits per heavy atom. The number of nitrogens with one attached hydrogen (secondary N) is 1. The minimum absolute atomic E-state index is 0.0561. The minimum atomic E-state index is -0.499. The van der Waals surface area contributed by atoms with Crippen LogP contribution in [0.1, 0.15) is 35.6 Å². The van der Waals surface area contributed by atoms with Crippen molar-refractivity contribution in [1.29, 1.82) is 0 Å². The zero-order valence-corrected chi connectivity index (χ0v) is 17.4. The summed E-state index contributed by atoms with van der Waals surface area (Å²) in [7, 11) is 0. The van der Waals surface area contributed by atoms with Crippen LogP contribution in [0.2, 0.25) is 0 Å². The van der Waals surface area contributed by atoms with Gasteiger partial charge in [-0.15, -0.1) is 5.10 Å². The monoisotopic (exact) mass is 422 g/mol. The van der Waals surface area contributed by atoms with Crippen LogP contribution >= 0.6 is 0 Å². The Labute approximate surface area is 178 Å². The lowest BCUT2D eigenvalue weighted by atomic mass is 10.1. The van der Waals surface area contributed by atoms with Crippen LogP contribution in [0.25, 0.3) is 5.69 Å². The first-order valence-electron chi connectivity index (χ1n) is 9.63. The molecule has 0 bridgehead atoms. The van der Waals surface area contributed by atoms with Gasteiger partial charge in [0.05, 0.1) is 16.3 Å². The van der Waals surface area contributed by atoms with Crippen molar-refractivity contribution in [2.24, 2.45) is 0 Å². The molecule has 0 aliphatic heterocycles. The fraction of sp³-hybridized carbons (Fsp3) is 0.238. The van der Waals surface area contributed by atoms with Crippen molar-refractivity contribution in [3.63, 3.8) is 0 Å². The van der Waals surface area contributed by atoms with E-state index >= 15 is 0 Å². The van der Waals surface area contributed by atoms with Crippen LogP contribution in [0.3, 0.4) is 0 Å². The maximum absolute atomic E-state index is 12.9. The first-order chi connectivity index (χ1) is 14.8. The highest BCUT2D eigenvalue weighted by Gasteiger charge is 2.20. The van der Waals surface area contributed by atoms with Gasteiger partial charge in [0.15, 0.2) is 5.69 Å². The highest BCUT2D eigenvalue weighted by Crippen LogP contribution is 2.21. The number of hydrogen-bond acceptors (Lipinski definition) is 6. The molecule has 3 aromatic rings. The molecule has 2 amide bonds. The molecule has 160 valence electrons. The Morgan fingerprint density at radius 3 is 2.61 bits per heavy atom. The van der Waals surface area contributed by atoms with E-state index in [-0.39, 0.29) is 17.3 Å². The van der Waals surface area contributed by atoms with Gasteiger partial charge in [0.1, 0.15) is 0 Å². The summed E-state index contributed by atoms with van der Waals surface area (Å²) in [4.78, 5) is 36.8. The van der Waals surface area contributed by atoms with Crippen LogP contribution in [-0.2, 0) is 11.3 Å². The van der Waals surface area contributed by atoms with Gasteiger partial charge in [-0.3, -0.25) is 19.7 Å². The van der Waals surface area contributed by atoms with Crippen molar-refractivity contribution < 1.29 is 14.5 Å². The molecule has 0 fully saturated rings. The van der Waals surface area contributed by atoms with Gasteiger partial charge in [-0.25, -0.2) is 4.68 Å². The standard InChI is InChI=1S/C21H22N6O4/c1-4-25(15(3)28)13-16-8-5-6-11-19(16)22-21(29)20-14(2)26(24-23-20)17-9-7-10-18(12-17)27(30)31/h5-12H,4,13H2,1-3H3,(H,22,29). The fourth-order valence-corrected chi connectivity index (χ4v) is 3.14. The number of carbonyl (C=O) groups excluding carboxylic acids is 2. The average Bonchev–Trinajstić information content (AvgIpc) is 3.14. The molecule has 1 N–H and O–H groups in total. The molecule has 0 radical (unpaired) electrons. The Morgan fingerprint density at radius 1 is 1.19 bits per heavy atom. The summed E-state index contributed by atoms with van der Waals surface area (Å²) in [5.74, 6) is -0.521. The Kier molecular flexibility index (Phi) is 6.39. The van der Waals surface area contributed by atoms with Gasteiger partial charge in [0.2, 0.25) is 5.91 Å². The van der Waals surface area contributed by atoms with Gasteiger partial charge in [-0.1, -0.05) is 29.5 Å². The molecule has 0 aliphatic rings. The number of nitro benzene ring substituents is 1. The van der Waals surface area contributed by atoms with Crippen LogP contribution in [0, 0.1) is 17.0 Å². The summed E-state index contributed by atoms with van der Waals surface area (Å²) >= 11 is 0. The molecular weight excluding hydrogens is 400 g/mol. The number of aromatic nitrogens is 3. The van der Waals surface area contributed by atoms with Crippen molar-refractivity contribution in [2.75, 3.05) is 11.9 Å². The zero-order chi connectivity index (χ0) is 22.5. The van der Waals surface area contributed by atoms with Crippen molar-refractivity contribution in [1.82, 2.24) is 19.9 Å². The predicted octanol–water partition coefficient (Wildman–Crippen LogP) is 3.10. The molecule has 0 atom stereocenters. The van der Waals surface area contributed by atoms with E-state index < -0.39 is 10.8 Å². The lowest BCUT2D eigenvalue weighted by Gasteiger charge is -2.20. The molecule has 2 aromatic carbocycles. The van der Waals surface area contributed by atoms with Crippen molar-refractivity contribution in [3.05, 3.63) is 75.6 Å². The van der Waals surface area contributed by atoms with E-state index in [1.54, 1.807) is 36.1 Å². The van der Waals surface area contributed by atoms with Crippen molar-refractivity contribution >= 4 is 23.2 Å². The lowest BCUT2D eigenvalue weighted by Crippen LogP contribution is -2.28. The molecule has 1 aromatic heterocycles. The largest absolute Gasteiger partial charge is 0.339 e. The van der Waals surface area contributed by atoms with E-state index in [0.29, 0.717) is 30.2 Å². The van der Waals surface area contributed by atoms with E-state index in [2.05, 4.69) is 15.6 Å². The van der Waals surface area contributed by atoms with Crippen LogP contribution in [0.4, 0.5) is 11.4 Å². The number of rotatable bonds is 7. The van der Waals surface area contributed by atoms with E-state index in [4.69, 9.17) is 0 Å². The molecule has 0 aliphatic carbocycles. The third-order valence-corrected chi connectivity index (χ3v) is 4.85. The third kappa shape index (κ3) is 4.74. The summed E-state index contributed by atoms with van der Waals surface area (Å²) < 4.78 is 1.38. The van der Waals surface area contributed by atoms with Crippen LogP contribution in [0.15, 0.2) is 48.5 Å². The maximum Gasteiger partial charge on any atom is 0.278 e. The SMILES string of the molecule is CCN(Cc1ccccc1NC(=O)c1nnn(-c2cccc([N+](=O)[O-])c2)c1C)C(C)=O. The van der Waals surface area contributed by atoms with Gasteiger partial charge < -0.3 is 10.2 Å². The highest BCUT2D eigenvalue weighted by molar-refractivity contribution is 6.04. The lowest BCUT2D eigenvalue weighted by molar-refractivity contribution is -0.384. The van der Waals surface area contributed by atoms with Crippen LogP contribution < -0.4 is 5.32 Å². The van der Waals surface area contributed by atoms with E-state index in [9.17, 15) is 19.7 Å². The summed E-state index contributed by atoms with van der Waals surface area (Å²) in [6.45, 7) is 5.96. The second-order valence-corrected chi connectivity index (χ2v) is 6.86. The van der Waals surface area contributed by atoms with E-state index in [0.717, 1.165) is 5.56 Å². The van der Waals surface area contributed by atoms with Crippen molar-refractivity contribution in [2.45, 2.75) is 27.3 Å². The predicted molar refractivity (Wildman–Crippen MR) is 114 cm³/mol. The number of anilines is 1. The molecule has 0 spiro atoms. The molecular formula is C21H22N6O4. The number of carbonyl (C=O) groups is 2. The van der Waals surface area contributed by atoms with E-state index in [1.165, 1.54) is 23.7 Å².